The van der Waals surface area contributed by atoms with Crippen molar-refractivity contribution in [1.29, 1.82) is 0 Å². The first-order valence-corrected chi connectivity index (χ1v) is 13.3. The molecule has 2 atom stereocenters. The normalized spacial score (nSPS) is 19.2. The number of aromatic nitrogens is 2. The number of nitrogen functional groups attached to an aromatic ring is 1. The number of thiazole rings is 1. The largest absolute Gasteiger partial charge is 1.00 e. The molecule has 0 aliphatic carbocycles. The van der Waals surface area contributed by atoms with Crippen LogP contribution in [-0.2, 0) is 25.6 Å². The summed E-state index contributed by atoms with van der Waals surface area (Å²) in [5.41, 5.74) is 7.38. The summed E-state index contributed by atoms with van der Waals surface area (Å²) in [6.07, 6.45) is 0.652. The van der Waals surface area contributed by atoms with Gasteiger partial charge >= 0.3 is 29.6 Å². The van der Waals surface area contributed by atoms with E-state index in [-0.39, 0.29) is 51.8 Å². The molecule has 2 amide bonds. The Balaban J connectivity index is 0.00000361. The van der Waals surface area contributed by atoms with Crippen LogP contribution < -0.4 is 45.7 Å². The average molecular weight is 557 g/mol. The van der Waals surface area contributed by atoms with Crippen LogP contribution >= 0.6 is 34.9 Å². The number of carbonyl (C=O) groups is 3. The number of pyridine rings is 1. The van der Waals surface area contributed by atoms with Crippen molar-refractivity contribution >= 4 is 63.5 Å². The quantitative estimate of drug-likeness (QED) is 0.142. The fourth-order valence-corrected chi connectivity index (χ4v) is 6.77. The molecular formula is C21H21N6NaO5S3. The molecule has 0 spiro atoms. The average Bonchev–Trinajstić information content (AvgIpc) is 3.26. The van der Waals surface area contributed by atoms with Crippen molar-refractivity contribution in [2.24, 2.45) is 5.16 Å². The number of carbonyl (C=O) groups excluding carboxylic acids is 3. The molecule has 2 aromatic heterocycles. The summed E-state index contributed by atoms with van der Waals surface area (Å²) in [5.74, 6) is -1.67. The van der Waals surface area contributed by atoms with Gasteiger partial charge in [0.15, 0.2) is 10.8 Å². The van der Waals surface area contributed by atoms with E-state index in [2.05, 4.69) is 20.4 Å². The molecule has 3 N–H and O–H groups in total. The Hall–Kier alpha value is -2.10. The van der Waals surface area contributed by atoms with Crippen LogP contribution in [0.15, 0.2) is 39.3 Å². The topological polar surface area (TPSA) is 163 Å². The van der Waals surface area contributed by atoms with Gasteiger partial charge in [0, 0.05) is 33.2 Å². The number of oxime groups is 1. The number of nitrogens with zero attached hydrogens (tertiary/aromatic N) is 4. The van der Waals surface area contributed by atoms with Crippen LogP contribution in [0.2, 0.25) is 0 Å². The molecule has 15 heteroatoms. The van der Waals surface area contributed by atoms with Crippen molar-refractivity contribution in [3.8, 4) is 0 Å². The number of carboxylic acid groups (broad SMARTS) is 1. The number of nitrogens with two attached hydrogens (primary N) is 1. The number of fused-ring (bicyclic) bond motifs is 1. The van der Waals surface area contributed by atoms with E-state index in [0.29, 0.717) is 22.8 Å². The van der Waals surface area contributed by atoms with E-state index in [1.807, 2.05) is 25.1 Å². The molecule has 0 saturated carbocycles. The Morgan fingerprint density at radius 2 is 2.17 bits per heavy atom. The molecule has 1 saturated heterocycles. The zero-order valence-corrected chi connectivity index (χ0v) is 24.2. The SMILES string of the molecule is CO/N=C(\C(=O)N[C@@H]1C(=O)N2C(C(=O)[O-])=C(SCCc3cccc(C)n3)CS[C@H]12)c1csc(N)n1.[Na+]. The zero-order valence-electron chi connectivity index (χ0n) is 19.7. The third kappa shape index (κ3) is 6.06. The summed E-state index contributed by atoms with van der Waals surface area (Å²) in [4.78, 5) is 52.6. The number of anilines is 1. The summed E-state index contributed by atoms with van der Waals surface area (Å²) in [6.45, 7) is 1.91. The number of β-lactam (4-membered cyclic amide) rings is 1. The Morgan fingerprint density at radius 1 is 1.39 bits per heavy atom. The van der Waals surface area contributed by atoms with Crippen molar-refractivity contribution in [2.45, 2.75) is 24.8 Å². The minimum Gasteiger partial charge on any atom is -0.543 e. The van der Waals surface area contributed by atoms with Crippen molar-refractivity contribution in [3.05, 3.63) is 51.3 Å². The summed E-state index contributed by atoms with van der Waals surface area (Å²) >= 11 is 3.86. The third-order valence-electron chi connectivity index (χ3n) is 5.16. The van der Waals surface area contributed by atoms with Gasteiger partial charge in [0.25, 0.3) is 11.8 Å². The number of rotatable bonds is 9. The maximum absolute atomic E-state index is 12.9. The molecule has 0 unspecified atom stereocenters. The van der Waals surface area contributed by atoms with E-state index < -0.39 is 29.2 Å². The molecule has 0 radical (unpaired) electrons. The third-order valence-corrected chi connectivity index (χ3v) is 8.39. The van der Waals surface area contributed by atoms with Gasteiger partial charge < -0.3 is 25.8 Å². The monoisotopic (exact) mass is 556 g/mol. The van der Waals surface area contributed by atoms with Gasteiger partial charge in [-0.15, -0.1) is 34.9 Å². The number of hydrogen-bond donors (Lipinski definition) is 2. The van der Waals surface area contributed by atoms with Gasteiger partial charge in [0.2, 0.25) is 0 Å². The second-order valence-electron chi connectivity index (χ2n) is 7.48. The predicted molar refractivity (Wildman–Crippen MR) is 132 cm³/mol. The van der Waals surface area contributed by atoms with E-state index in [9.17, 15) is 19.5 Å². The fraction of sp³-hybridized carbons (Fsp3) is 0.333. The van der Waals surface area contributed by atoms with Crippen LogP contribution in [0, 0.1) is 6.92 Å². The number of carboxylic acids is 1. The Kier molecular flexibility index (Phi) is 9.83. The van der Waals surface area contributed by atoms with Gasteiger partial charge in [-0.25, -0.2) is 4.98 Å². The first-order valence-electron chi connectivity index (χ1n) is 10.4. The van der Waals surface area contributed by atoms with Crippen LogP contribution in [-0.4, -0.2) is 68.4 Å². The minimum atomic E-state index is -1.43. The molecule has 11 nitrogen and oxygen atoms in total. The second-order valence-corrected chi connectivity index (χ2v) is 10.7. The van der Waals surface area contributed by atoms with E-state index in [1.54, 1.807) is 5.38 Å². The van der Waals surface area contributed by atoms with Crippen LogP contribution in [0.25, 0.3) is 0 Å². The standard InChI is InChI=1S/C21H22N6O5S3.Na/c1-10-4-3-5-11(23-10)6-7-33-13-9-34-19-15(18(29)27(19)16(13)20(30)31)25-17(28)14(26-32-2)12-8-35-21(22)24-12;/h3-5,8,15,19H,6-7,9H2,1-2H3,(H2,22,24)(H,25,28)(H,30,31);/q;+1/p-1/b26-14-;/t15-,19-;/m1./s1. The molecular weight excluding hydrogens is 535 g/mol. The van der Waals surface area contributed by atoms with Crippen LogP contribution in [0.3, 0.4) is 0 Å². The molecule has 2 aromatic rings. The minimum absolute atomic E-state index is 0. The van der Waals surface area contributed by atoms with Gasteiger partial charge in [-0.2, -0.15) is 0 Å². The van der Waals surface area contributed by atoms with Crippen molar-refractivity contribution in [3.63, 3.8) is 0 Å². The number of nitrogens with one attached hydrogen (secondary N) is 1. The van der Waals surface area contributed by atoms with Crippen LogP contribution in [0.5, 0.6) is 0 Å². The fourth-order valence-electron chi connectivity index (χ4n) is 3.61. The van der Waals surface area contributed by atoms with Crippen LogP contribution in [0.1, 0.15) is 17.1 Å². The van der Waals surface area contributed by atoms with E-state index in [1.165, 1.54) is 35.5 Å². The van der Waals surface area contributed by atoms with Crippen molar-refractivity contribution in [2.75, 3.05) is 24.3 Å². The zero-order chi connectivity index (χ0) is 25.1. The van der Waals surface area contributed by atoms with E-state index in [4.69, 9.17) is 10.6 Å². The summed E-state index contributed by atoms with van der Waals surface area (Å²) in [7, 11) is 1.28. The molecule has 36 heavy (non-hydrogen) atoms. The molecule has 4 heterocycles. The maximum atomic E-state index is 12.9. The summed E-state index contributed by atoms with van der Waals surface area (Å²) in [5, 5.41) is 19.5. The van der Waals surface area contributed by atoms with E-state index in [0.717, 1.165) is 22.7 Å². The molecule has 2 aliphatic heterocycles. The number of thioether (sulfide) groups is 2. The predicted octanol–water partition coefficient (Wildman–Crippen LogP) is -2.88. The molecule has 0 aromatic carbocycles. The smallest absolute Gasteiger partial charge is 0.543 e. The first-order chi connectivity index (χ1) is 16.8. The van der Waals surface area contributed by atoms with Crippen LogP contribution in [0.4, 0.5) is 5.13 Å². The number of amides is 2. The Bertz CT molecular complexity index is 1240. The molecule has 0 bridgehead atoms. The Morgan fingerprint density at radius 3 is 2.81 bits per heavy atom. The molecule has 1 fully saturated rings. The maximum Gasteiger partial charge on any atom is 1.00 e. The second kappa shape index (κ2) is 12.4. The first kappa shape index (κ1) is 28.5. The number of aliphatic carboxylic acids is 1. The molecule has 2 aliphatic rings. The number of aryl methyl sites for hydroxylation is 2. The van der Waals surface area contributed by atoms with Gasteiger partial charge in [0.1, 0.15) is 24.2 Å². The van der Waals surface area contributed by atoms with Gasteiger partial charge in [0.05, 0.1) is 11.7 Å². The van der Waals surface area contributed by atoms with Gasteiger partial charge in [-0.05, 0) is 25.5 Å². The van der Waals surface area contributed by atoms with E-state index >= 15 is 0 Å². The molecule has 4 rings (SSSR count). The van der Waals surface area contributed by atoms with Gasteiger partial charge in [-0.3, -0.25) is 19.5 Å². The summed E-state index contributed by atoms with van der Waals surface area (Å²) < 4.78 is 0. The molecule has 184 valence electrons. The Labute approximate surface area is 241 Å². The van der Waals surface area contributed by atoms with Gasteiger partial charge in [-0.1, -0.05) is 11.2 Å². The van der Waals surface area contributed by atoms with Crippen molar-refractivity contribution in [1.82, 2.24) is 20.2 Å². The summed E-state index contributed by atoms with van der Waals surface area (Å²) in [6, 6.07) is 4.82. The van der Waals surface area contributed by atoms with Crippen molar-refractivity contribution < 1.29 is 53.9 Å². The number of hydrogen-bond acceptors (Lipinski definition) is 12.